The van der Waals surface area contributed by atoms with Crippen molar-refractivity contribution in [2.75, 3.05) is 45.3 Å². The SMILES string of the molecule is COc1cccc(/C=N/N2CCN(c3ccccn3)CC2)c1OC. The minimum atomic E-state index is 0.705. The Bertz CT molecular complexity index is 683. The number of pyridine rings is 1. The minimum Gasteiger partial charge on any atom is -0.493 e. The molecule has 1 saturated heterocycles. The number of piperazine rings is 1. The van der Waals surface area contributed by atoms with Crippen LogP contribution in [0.3, 0.4) is 0 Å². The van der Waals surface area contributed by atoms with Crippen molar-refractivity contribution in [2.45, 2.75) is 0 Å². The van der Waals surface area contributed by atoms with Crippen LogP contribution < -0.4 is 14.4 Å². The van der Waals surface area contributed by atoms with Crippen molar-refractivity contribution in [3.05, 3.63) is 48.2 Å². The first-order valence-corrected chi connectivity index (χ1v) is 7.97. The maximum Gasteiger partial charge on any atom is 0.169 e. The Morgan fingerprint density at radius 3 is 2.50 bits per heavy atom. The van der Waals surface area contributed by atoms with E-state index < -0.39 is 0 Å². The molecular weight excluding hydrogens is 304 g/mol. The molecule has 1 aromatic heterocycles. The van der Waals surface area contributed by atoms with Gasteiger partial charge >= 0.3 is 0 Å². The van der Waals surface area contributed by atoms with E-state index in [1.165, 1.54) is 0 Å². The van der Waals surface area contributed by atoms with Gasteiger partial charge in [-0.25, -0.2) is 4.98 Å². The summed E-state index contributed by atoms with van der Waals surface area (Å²) in [5.41, 5.74) is 0.906. The second-order valence-corrected chi connectivity index (χ2v) is 5.46. The summed E-state index contributed by atoms with van der Waals surface area (Å²) < 4.78 is 10.7. The van der Waals surface area contributed by atoms with Crippen LogP contribution in [0.1, 0.15) is 5.56 Å². The summed E-state index contributed by atoms with van der Waals surface area (Å²) >= 11 is 0. The predicted octanol–water partition coefficient (Wildman–Crippen LogP) is 2.25. The quantitative estimate of drug-likeness (QED) is 0.789. The fraction of sp³-hybridized carbons (Fsp3) is 0.333. The monoisotopic (exact) mass is 326 g/mol. The van der Waals surface area contributed by atoms with Crippen molar-refractivity contribution in [3.63, 3.8) is 0 Å². The number of aromatic nitrogens is 1. The molecule has 0 radical (unpaired) electrons. The zero-order valence-corrected chi connectivity index (χ0v) is 14.1. The normalized spacial score (nSPS) is 14.9. The molecule has 0 bridgehead atoms. The van der Waals surface area contributed by atoms with Gasteiger partial charge in [0.1, 0.15) is 5.82 Å². The maximum absolute atomic E-state index is 5.43. The first kappa shape index (κ1) is 16.1. The number of methoxy groups -OCH3 is 2. The summed E-state index contributed by atoms with van der Waals surface area (Å²) in [5.74, 6) is 2.44. The Hall–Kier alpha value is -2.76. The van der Waals surface area contributed by atoms with Gasteiger partial charge in [0, 0.05) is 24.8 Å². The van der Waals surface area contributed by atoms with Gasteiger partial charge in [-0.05, 0) is 24.3 Å². The fourth-order valence-electron chi connectivity index (χ4n) is 2.74. The van der Waals surface area contributed by atoms with Crippen LogP contribution >= 0.6 is 0 Å². The number of ether oxygens (including phenoxy) is 2. The van der Waals surface area contributed by atoms with Crippen LogP contribution in [0.4, 0.5) is 5.82 Å². The van der Waals surface area contributed by atoms with Crippen LogP contribution in [0.25, 0.3) is 0 Å². The van der Waals surface area contributed by atoms with E-state index in [1.807, 2.05) is 48.8 Å². The number of rotatable bonds is 5. The van der Waals surface area contributed by atoms with Gasteiger partial charge in [-0.1, -0.05) is 12.1 Å². The molecule has 0 amide bonds. The van der Waals surface area contributed by atoms with Crippen molar-refractivity contribution in [2.24, 2.45) is 5.10 Å². The van der Waals surface area contributed by atoms with Gasteiger partial charge < -0.3 is 14.4 Å². The third kappa shape index (κ3) is 3.59. The molecule has 1 aliphatic rings. The average Bonchev–Trinajstić information content (AvgIpc) is 2.67. The van der Waals surface area contributed by atoms with Crippen LogP contribution in [-0.2, 0) is 0 Å². The molecule has 0 atom stereocenters. The van der Waals surface area contributed by atoms with E-state index in [9.17, 15) is 0 Å². The molecule has 0 aliphatic carbocycles. The zero-order valence-electron chi connectivity index (χ0n) is 14.1. The maximum atomic E-state index is 5.43. The molecule has 6 heteroatoms. The first-order valence-electron chi connectivity index (χ1n) is 7.97. The highest BCUT2D eigenvalue weighted by atomic mass is 16.5. The second kappa shape index (κ2) is 7.68. The van der Waals surface area contributed by atoms with Gasteiger partial charge in [0.05, 0.1) is 33.5 Å². The van der Waals surface area contributed by atoms with E-state index >= 15 is 0 Å². The van der Waals surface area contributed by atoms with Crippen LogP contribution in [0, 0.1) is 0 Å². The van der Waals surface area contributed by atoms with Gasteiger partial charge in [-0.15, -0.1) is 0 Å². The van der Waals surface area contributed by atoms with E-state index in [1.54, 1.807) is 14.2 Å². The Morgan fingerprint density at radius 1 is 1.00 bits per heavy atom. The van der Waals surface area contributed by atoms with Gasteiger partial charge in [-0.3, -0.25) is 5.01 Å². The topological polar surface area (TPSA) is 50.2 Å². The Labute approximate surface area is 142 Å². The molecule has 0 N–H and O–H groups in total. The summed E-state index contributed by atoms with van der Waals surface area (Å²) in [6.45, 7) is 3.53. The minimum absolute atomic E-state index is 0.705. The number of hydrogen-bond acceptors (Lipinski definition) is 6. The first-order chi connectivity index (χ1) is 11.8. The molecule has 3 rings (SSSR count). The van der Waals surface area contributed by atoms with Crippen LogP contribution in [0.15, 0.2) is 47.7 Å². The largest absolute Gasteiger partial charge is 0.493 e. The third-order valence-electron chi connectivity index (χ3n) is 4.02. The van der Waals surface area contributed by atoms with Crippen molar-refractivity contribution in [1.82, 2.24) is 9.99 Å². The molecule has 1 aromatic carbocycles. The number of anilines is 1. The van der Waals surface area contributed by atoms with Crippen molar-refractivity contribution >= 4 is 12.0 Å². The van der Waals surface area contributed by atoms with Gasteiger partial charge in [0.25, 0.3) is 0 Å². The molecule has 0 spiro atoms. The summed E-state index contributed by atoms with van der Waals surface area (Å²) in [5, 5.41) is 6.66. The molecule has 24 heavy (non-hydrogen) atoms. The number of para-hydroxylation sites is 1. The summed E-state index contributed by atoms with van der Waals surface area (Å²) in [4.78, 5) is 6.68. The standard InChI is InChI=1S/C18H22N4O2/c1-23-16-7-5-6-15(18(16)24-2)14-20-22-12-10-21(11-13-22)17-8-3-4-9-19-17/h3-9,14H,10-13H2,1-2H3/b20-14+. The number of nitrogens with zero attached hydrogens (tertiary/aromatic N) is 4. The van der Waals surface area contributed by atoms with Crippen LogP contribution in [-0.4, -0.2) is 56.6 Å². The Kier molecular flexibility index (Phi) is 5.15. The lowest BCUT2D eigenvalue weighted by Gasteiger charge is -2.33. The van der Waals surface area contributed by atoms with Crippen LogP contribution in [0.5, 0.6) is 11.5 Å². The molecular formula is C18H22N4O2. The van der Waals surface area contributed by atoms with E-state index in [-0.39, 0.29) is 0 Å². The molecule has 1 aliphatic heterocycles. The molecule has 2 aromatic rings. The highest BCUT2D eigenvalue weighted by molar-refractivity contribution is 5.84. The molecule has 126 valence electrons. The van der Waals surface area contributed by atoms with Gasteiger partial charge in [-0.2, -0.15) is 5.10 Å². The Balaban J connectivity index is 1.63. The zero-order chi connectivity index (χ0) is 16.8. The fourth-order valence-corrected chi connectivity index (χ4v) is 2.74. The van der Waals surface area contributed by atoms with Crippen molar-refractivity contribution < 1.29 is 9.47 Å². The van der Waals surface area contributed by atoms with Gasteiger partial charge in [0.15, 0.2) is 11.5 Å². The summed E-state index contributed by atoms with van der Waals surface area (Å²) in [6.07, 6.45) is 3.66. The second-order valence-electron chi connectivity index (χ2n) is 5.46. The van der Waals surface area contributed by atoms with Crippen molar-refractivity contribution in [3.8, 4) is 11.5 Å². The van der Waals surface area contributed by atoms with Gasteiger partial charge in [0.2, 0.25) is 0 Å². The summed E-state index contributed by atoms with van der Waals surface area (Å²) in [7, 11) is 3.27. The molecule has 2 heterocycles. The molecule has 0 saturated carbocycles. The smallest absolute Gasteiger partial charge is 0.169 e. The van der Waals surface area contributed by atoms with E-state index in [0.29, 0.717) is 11.5 Å². The molecule has 6 nitrogen and oxygen atoms in total. The van der Waals surface area contributed by atoms with Crippen molar-refractivity contribution in [1.29, 1.82) is 0 Å². The molecule has 0 unspecified atom stereocenters. The number of hydrogen-bond donors (Lipinski definition) is 0. The summed E-state index contributed by atoms with van der Waals surface area (Å²) in [6, 6.07) is 11.8. The predicted molar refractivity (Wildman–Crippen MR) is 95.2 cm³/mol. The lowest BCUT2D eigenvalue weighted by molar-refractivity contribution is 0.271. The number of hydrazone groups is 1. The average molecular weight is 326 g/mol. The highest BCUT2D eigenvalue weighted by Crippen LogP contribution is 2.29. The van der Waals surface area contributed by atoms with Crippen LogP contribution in [0.2, 0.25) is 0 Å². The third-order valence-corrected chi connectivity index (χ3v) is 4.02. The van der Waals surface area contributed by atoms with E-state index in [2.05, 4.69) is 20.0 Å². The molecule has 1 fully saturated rings. The highest BCUT2D eigenvalue weighted by Gasteiger charge is 2.16. The van der Waals surface area contributed by atoms with E-state index in [0.717, 1.165) is 37.6 Å². The number of benzene rings is 1. The lowest BCUT2D eigenvalue weighted by Crippen LogP contribution is -2.44. The van der Waals surface area contributed by atoms with E-state index in [4.69, 9.17) is 9.47 Å². The lowest BCUT2D eigenvalue weighted by atomic mass is 10.2. The Morgan fingerprint density at radius 2 is 1.83 bits per heavy atom.